The van der Waals surface area contributed by atoms with Crippen molar-refractivity contribution in [3.63, 3.8) is 0 Å². The number of anilines is 1. The number of methoxy groups -OCH3 is 2. The summed E-state index contributed by atoms with van der Waals surface area (Å²) in [5, 5.41) is 13.3. The number of rotatable bonds is 8. The van der Waals surface area contributed by atoms with Crippen LogP contribution in [0.4, 0.5) is 5.69 Å². The molecule has 9 nitrogen and oxygen atoms in total. The van der Waals surface area contributed by atoms with Gasteiger partial charge in [0.1, 0.15) is 11.5 Å². The van der Waals surface area contributed by atoms with Gasteiger partial charge in [0.25, 0.3) is 0 Å². The zero-order valence-electron chi connectivity index (χ0n) is 20.5. The lowest BCUT2D eigenvalue weighted by atomic mass is 10.1. The van der Waals surface area contributed by atoms with E-state index >= 15 is 0 Å². The van der Waals surface area contributed by atoms with Gasteiger partial charge in [0.05, 0.1) is 36.9 Å². The Morgan fingerprint density at radius 1 is 1.03 bits per heavy atom. The fourth-order valence-corrected chi connectivity index (χ4v) is 4.71. The fourth-order valence-electron chi connectivity index (χ4n) is 3.96. The highest BCUT2D eigenvalue weighted by Gasteiger charge is 2.21. The molecule has 0 aliphatic rings. The van der Waals surface area contributed by atoms with Crippen LogP contribution in [0.1, 0.15) is 5.69 Å². The molecule has 0 saturated heterocycles. The second kappa shape index (κ2) is 10.7. The normalized spacial score (nSPS) is 10.9. The van der Waals surface area contributed by atoms with Crippen molar-refractivity contribution in [2.75, 3.05) is 25.3 Å². The van der Waals surface area contributed by atoms with E-state index in [1.54, 1.807) is 26.6 Å². The summed E-state index contributed by atoms with van der Waals surface area (Å²) in [4.78, 5) is 21.8. The van der Waals surface area contributed by atoms with Crippen LogP contribution in [0.2, 0.25) is 0 Å². The van der Waals surface area contributed by atoms with Crippen molar-refractivity contribution in [3.05, 3.63) is 78.8 Å². The van der Waals surface area contributed by atoms with Crippen molar-refractivity contribution in [1.82, 2.24) is 24.7 Å². The quantitative estimate of drug-likeness (QED) is 0.292. The molecule has 0 bridgehead atoms. The van der Waals surface area contributed by atoms with Crippen LogP contribution in [-0.2, 0) is 4.79 Å². The summed E-state index contributed by atoms with van der Waals surface area (Å²) in [6.45, 7) is 1.90. The number of para-hydroxylation sites is 1. The number of carbonyl (C=O) groups is 1. The molecular formula is C27H24N6O3S. The minimum absolute atomic E-state index is 0.118. The molecule has 2 aromatic carbocycles. The maximum absolute atomic E-state index is 13.0. The number of hydrogen-bond acceptors (Lipinski definition) is 8. The standard InChI is InChI=1S/C27H24N6O3S/c1-17-13-22(20-8-4-5-9-21(20)29-17)30-25(34)16-37-27-32-31-26(18-7-6-12-28-15-18)33(27)23-14-19(35-2)10-11-24(23)36-3/h4-15H,16H2,1-3H3,(H,29,30,34). The van der Waals surface area contributed by atoms with E-state index in [1.165, 1.54) is 11.8 Å². The molecule has 0 unspecified atom stereocenters. The second-order valence-electron chi connectivity index (χ2n) is 8.09. The van der Waals surface area contributed by atoms with Crippen LogP contribution in [-0.4, -0.2) is 50.6 Å². The molecule has 1 N–H and O–H groups in total. The van der Waals surface area contributed by atoms with Gasteiger partial charge in [0.15, 0.2) is 11.0 Å². The first kappa shape index (κ1) is 24.3. The Bertz CT molecular complexity index is 1570. The van der Waals surface area contributed by atoms with Gasteiger partial charge in [-0.1, -0.05) is 30.0 Å². The number of aromatic nitrogens is 5. The van der Waals surface area contributed by atoms with E-state index in [9.17, 15) is 4.79 Å². The molecule has 0 fully saturated rings. The number of nitrogens with zero attached hydrogens (tertiary/aromatic N) is 5. The Kier molecular flexibility index (Phi) is 7.00. The summed E-state index contributed by atoms with van der Waals surface area (Å²) >= 11 is 1.27. The average Bonchev–Trinajstić information content (AvgIpc) is 3.35. The van der Waals surface area contributed by atoms with E-state index in [0.29, 0.717) is 28.2 Å². The van der Waals surface area contributed by atoms with E-state index in [0.717, 1.165) is 27.8 Å². The van der Waals surface area contributed by atoms with Crippen molar-refractivity contribution in [2.45, 2.75) is 12.1 Å². The van der Waals surface area contributed by atoms with Gasteiger partial charge in [0, 0.05) is 35.1 Å². The van der Waals surface area contributed by atoms with Crippen LogP contribution >= 0.6 is 11.8 Å². The molecule has 0 radical (unpaired) electrons. The van der Waals surface area contributed by atoms with Crippen LogP contribution in [0, 0.1) is 6.92 Å². The maximum Gasteiger partial charge on any atom is 0.234 e. The third kappa shape index (κ3) is 5.10. The van der Waals surface area contributed by atoms with Gasteiger partial charge < -0.3 is 14.8 Å². The topological polar surface area (TPSA) is 104 Å². The molecule has 10 heteroatoms. The largest absolute Gasteiger partial charge is 0.497 e. The lowest BCUT2D eigenvalue weighted by molar-refractivity contribution is -0.113. The molecule has 3 aromatic heterocycles. The zero-order chi connectivity index (χ0) is 25.8. The van der Waals surface area contributed by atoms with Crippen molar-refractivity contribution >= 4 is 34.3 Å². The van der Waals surface area contributed by atoms with Gasteiger partial charge in [-0.3, -0.25) is 19.3 Å². The molecule has 37 heavy (non-hydrogen) atoms. The van der Waals surface area contributed by atoms with Gasteiger partial charge in [-0.05, 0) is 43.3 Å². The number of carbonyl (C=O) groups excluding carboxylic acids is 1. The predicted octanol–water partition coefficient (Wildman–Crippen LogP) is 4.93. The Labute approximate surface area is 217 Å². The molecule has 0 saturated carbocycles. The summed E-state index contributed by atoms with van der Waals surface area (Å²) < 4.78 is 12.9. The number of hydrogen-bond donors (Lipinski definition) is 1. The van der Waals surface area contributed by atoms with E-state index < -0.39 is 0 Å². The second-order valence-corrected chi connectivity index (χ2v) is 9.03. The molecule has 5 rings (SSSR count). The fraction of sp³-hybridized carbons (Fsp3) is 0.148. The maximum atomic E-state index is 13.0. The lowest BCUT2D eigenvalue weighted by Crippen LogP contribution is -2.15. The number of pyridine rings is 2. The van der Waals surface area contributed by atoms with Gasteiger partial charge >= 0.3 is 0 Å². The Morgan fingerprint density at radius 3 is 2.68 bits per heavy atom. The molecule has 3 heterocycles. The Hall–Kier alpha value is -4.44. The molecule has 1 amide bonds. The molecule has 186 valence electrons. The third-order valence-electron chi connectivity index (χ3n) is 5.63. The van der Waals surface area contributed by atoms with Gasteiger partial charge in [-0.15, -0.1) is 10.2 Å². The Balaban J connectivity index is 1.47. The summed E-state index contributed by atoms with van der Waals surface area (Å²) in [6.07, 6.45) is 3.41. The molecular weight excluding hydrogens is 488 g/mol. The minimum atomic E-state index is -0.171. The number of aryl methyl sites for hydroxylation is 1. The van der Waals surface area contributed by atoms with E-state index in [4.69, 9.17) is 9.47 Å². The van der Waals surface area contributed by atoms with Crippen LogP contribution in [0.15, 0.2) is 78.2 Å². The van der Waals surface area contributed by atoms with E-state index in [-0.39, 0.29) is 11.7 Å². The van der Waals surface area contributed by atoms with Crippen LogP contribution in [0.3, 0.4) is 0 Å². The highest BCUT2D eigenvalue weighted by molar-refractivity contribution is 7.99. The first-order valence-electron chi connectivity index (χ1n) is 11.4. The summed E-state index contributed by atoms with van der Waals surface area (Å²) in [5.74, 6) is 1.77. The summed E-state index contributed by atoms with van der Waals surface area (Å²) in [5.41, 5.74) is 3.84. The summed E-state index contributed by atoms with van der Waals surface area (Å²) in [7, 11) is 3.20. The highest BCUT2D eigenvalue weighted by atomic mass is 32.2. The van der Waals surface area contributed by atoms with Crippen molar-refractivity contribution < 1.29 is 14.3 Å². The van der Waals surface area contributed by atoms with E-state index in [1.807, 2.05) is 72.2 Å². The van der Waals surface area contributed by atoms with Crippen molar-refractivity contribution in [3.8, 4) is 28.6 Å². The van der Waals surface area contributed by atoms with Crippen LogP contribution < -0.4 is 14.8 Å². The minimum Gasteiger partial charge on any atom is -0.497 e. The number of benzene rings is 2. The lowest BCUT2D eigenvalue weighted by Gasteiger charge is -2.15. The van der Waals surface area contributed by atoms with Crippen molar-refractivity contribution in [1.29, 1.82) is 0 Å². The number of thioether (sulfide) groups is 1. The highest BCUT2D eigenvalue weighted by Crippen LogP contribution is 2.35. The SMILES string of the molecule is COc1ccc(OC)c(-n2c(SCC(=O)Nc3cc(C)nc4ccccc34)nnc2-c2cccnc2)c1. The molecule has 0 atom stereocenters. The van der Waals surface area contributed by atoms with Gasteiger partial charge in [-0.25, -0.2) is 0 Å². The monoisotopic (exact) mass is 512 g/mol. The summed E-state index contributed by atoms with van der Waals surface area (Å²) in [6, 6.07) is 18.8. The van der Waals surface area contributed by atoms with Gasteiger partial charge in [-0.2, -0.15) is 0 Å². The molecule has 5 aromatic rings. The first-order chi connectivity index (χ1) is 18.1. The van der Waals surface area contributed by atoms with Crippen molar-refractivity contribution in [2.24, 2.45) is 0 Å². The number of nitrogens with one attached hydrogen (secondary N) is 1. The van der Waals surface area contributed by atoms with E-state index in [2.05, 4.69) is 25.5 Å². The van der Waals surface area contributed by atoms with Crippen LogP contribution in [0.5, 0.6) is 11.5 Å². The van der Waals surface area contributed by atoms with Crippen LogP contribution in [0.25, 0.3) is 28.0 Å². The smallest absolute Gasteiger partial charge is 0.234 e. The number of ether oxygens (including phenoxy) is 2. The first-order valence-corrected chi connectivity index (χ1v) is 12.4. The predicted molar refractivity (Wildman–Crippen MR) is 144 cm³/mol. The number of fused-ring (bicyclic) bond motifs is 1. The number of amides is 1. The molecule has 0 aliphatic carbocycles. The third-order valence-corrected chi connectivity index (χ3v) is 6.56. The Morgan fingerprint density at radius 2 is 1.89 bits per heavy atom. The molecule has 0 aliphatic heterocycles. The van der Waals surface area contributed by atoms with Gasteiger partial charge in [0.2, 0.25) is 5.91 Å². The zero-order valence-corrected chi connectivity index (χ0v) is 21.3. The average molecular weight is 513 g/mol. The molecule has 0 spiro atoms.